The second kappa shape index (κ2) is 8.20. The second-order valence-corrected chi connectivity index (χ2v) is 10.8. The van der Waals surface area contributed by atoms with E-state index >= 15 is 0 Å². The molecule has 6 nitrogen and oxygen atoms in total. The molecule has 1 atom stereocenters. The quantitative estimate of drug-likeness (QED) is 0.644. The maximum Gasteiger partial charge on any atom is 0.196 e. The number of thioether (sulfide) groups is 1. The van der Waals surface area contributed by atoms with E-state index in [1.165, 1.54) is 17.3 Å². The monoisotopic (exact) mass is 428 g/mol. The summed E-state index contributed by atoms with van der Waals surface area (Å²) in [4.78, 5) is 0. The number of aryl methyl sites for hydroxylation is 1. The van der Waals surface area contributed by atoms with Gasteiger partial charge in [-0.1, -0.05) is 42.1 Å². The van der Waals surface area contributed by atoms with E-state index in [-0.39, 0.29) is 16.8 Å². The smallest absolute Gasteiger partial charge is 0.196 e. The van der Waals surface area contributed by atoms with Crippen molar-refractivity contribution in [1.29, 1.82) is 0 Å². The van der Waals surface area contributed by atoms with E-state index in [1.807, 2.05) is 36.4 Å². The molecule has 0 aliphatic carbocycles. The molecule has 4 rings (SSSR count). The highest BCUT2D eigenvalue weighted by molar-refractivity contribution is 8.01. The number of nitrogens with zero attached hydrogens (tertiary/aromatic N) is 3. The summed E-state index contributed by atoms with van der Waals surface area (Å²) in [5.41, 5.74) is 4.40. The highest BCUT2D eigenvalue weighted by Gasteiger charge is 2.30. The molecule has 1 aromatic heterocycles. The van der Waals surface area contributed by atoms with Crippen LogP contribution in [0.2, 0.25) is 0 Å². The molecule has 152 valence electrons. The Morgan fingerprint density at radius 1 is 1.10 bits per heavy atom. The average molecular weight is 429 g/mol. The molecule has 2 heterocycles. The van der Waals surface area contributed by atoms with Crippen molar-refractivity contribution >= 4 is 27.3 Å². The summed E-state index contributed by atoms with van der Waals surface area (Å²) >= 11 is 1.51. The Hall–Kier alpha value is -2.32. The first-order valence-corrected chi connectivity index (χ1v) is 12.3. The summed E-state index contributed by atoms with van der Waals surface area (Å²) in [6.45, 7) is 4.70. The van der Waals surface area contributed by atoms with Crippen LogP contribution in [0.1, 0.15) is 23.4 Å². The molecule has 1 unspecified atom stereocenters. The Morgan fingerprint density at radius 2 is 1.90 bits per heavy atom. The second-order valence-electron chi connectivity index (χ2n) is 7.32. The zero-order valence-electron chi connectivity index (χ0n) is 16.5. The number of benzene rings is 2. The molecule has 3 aromatic rings. The van der Waals surface area contributed by atoms with Gasteiger partial charge in [-0.3, -0.25) is 4.57 Å². The Morgan fingerprint density at radius 3 is 2.62 bits per heavy atom. The first kappa shape index (κ1) is 20.0. The zero-order valence-corrected chi connectivity index (χ0v) is 18.1. The van der Waals surface area contributed by atoms with Crippen LogP contribution in [0.4, 0.5) is 5.69 Å². The maximum atomic E-state index is 11.9. The molecule has 29 heavy (non-hydrogen) atoms. The van der Waals surface area contributed by atoms with Crippen LogP contribution in [0, 0.1) is 13.8 Å². The topological polar surface area (TPSA) is 76.9 Å². The van der Waals surface area contributed by atoms with E-state index in [4.69, 9.17) is 0 Å². The van der Waals surface area contributed by atoms with E-state index in [0.29, 0.717) is 13.0 Å². The summed E-state index contributed by atoms with van der Waals surface area (Å²) in [6, 6.07) is 16.2. The standard InChI is InChI=1S/C21H24N4O2S2/c1-15-7-6-10-19(16(15)2)25-20(13-22-17-8-4-3-5-9-17)23-24-21(25)28-18-11-12-29(26,27)14-18/h3-10,18,22H,11-14H2,1-2H3. The molecular formula is C21H24N4O2S2. The molecule has 0 saturated carbocycles. The van der Waals surface area contributed by atoms with E-state index in [0.717, 1.165) is 27.9 Å². The van der Waals surface area contributed by atoms with Crippen LogP contribution < -0.4 is 5.32 Å². The number of sulfone groups is 1. The molecule has 8 heteroatoms. The Balaban J connectivity index is 1.68. The van der Waals surface area contributed by atoms with E-state index in [9.17, 15) is 8.42 Å². The van der Waals surface area contributed by atoms with Gasteiger partial charge in [0.2, 0.25) is 0 Å². The highest BCUT2D eigenvalue weighted by atomic mass is 32.2. The fraction of sp³-hybridized carbons (Fsp3) is 0.333. The molecule has 0 spiro atoms. The predicted octanol–water partition coefficient (Wildman–Crippen LogP) is 3.78. The van der Waals surface area contributed by atoms with Crippen LogP contribution in [0.5, 0.6) is 0 Å². The Labute approximate surface area is 175 Å². The van der Waals surface area contributed by atoms with Gasteiger partial charge >= 0.3 is 0 Å². The summed E-state index contributed by atoms with van der Waals surface area (Å²) in [5, 5.41) is 13.0. The van der Waals surface area contributed by atoms with Crippen LogP contribution in [0.3, 0.4) is 0 Å². The molecule has 0 amide bonds. The minimum Gasteiger partial charge on any atom is -0.378 e. The average Bonchev–Trinajstić information content (AvgIpc) is 3.26. The molecule has 1 fully saturated rings. The number of para-hydroxylation sites is 1. The van der Waals surface area contributed by atoms with Crippen LogP contribution >= 0.6 is 11.8 Å². The van der Waals surface area contributed by atoms with Crippen molar-refractivity contribution < 1.29 is 8.42 Å². The Kier molecular flexibility index (Phi) is 5.65. The van der Waals surface area contributed by atoms with Gasteiger partial charge in [-0.15, -0.1) is 10.2 Å². The van der Waals surface area contributed by atoms with Crippen molar-refractivity contribution in [3.8, 4) is 5.69 Å². The lowest BCUT2D eigenvalue weighted by molar-refractivity contribution is 0.602. The normalized spacial score (nSPS) is 18.1. The van der Waals surface area contributed by atoms with Crippen molar-refractivity contribution in [1.82, 2.24) is 14.8 Å². The number of nitrogens with one attached hydrogen (secondary N) is 1. The molecule has 1 N–H and O–H groups in total. The van der Waals surface area contributed by atoms with Crippen LogP contribution in [-0.4, -0.2) is 39.9 Å². The lowest BCUT2D eigenvalue weighted by atomic mass is 10.1. The van der Waals surface area contributed by atoms with E-state index in [1.54, 1.807) is 0 Å². The summed E-state index contributed by atoms with van der Waals surface area (Å²) in [7, 11) is -2.94. The van der Waals surface area contributed by atoms with Crippen LogP contribution in [0.15, 0.2) is 53.7 Å². The van der Waals surface area contributed by atoms with Gasteiger partial charge in [0.15, 0.2) is 20.8 Å². The Bertz CT molecular complexity index is 1110. The lowest BCUT2D eigenvalue weighted by Crippen LogP contribution is -2.12. The summed E-state index contributed by atoms with van der Waals surface area (Å²) < 4.78 is 25.8. The van der Waals surface area contributed by atoms with Crippen LogP contribution in [0.25, 0.3) is 5.69 Å². The fourth-order valence-corrected chi connectivity index (χ4v) is 6.97. The largest absolute Gasteiger partial charge is 0.378 e. The van der Waals surface area contributed by atoms with Gasteiger partial charge in [0.25, 0.3) is 0 Å². The predicted molar refractivity (Wildman–Crippen MR) is 118 cm³/mol. The third kappa shape index (κ3) is 4.48. The van der Waals surface area contributed by atoms with Crippen molar-refractivity contribution in [3.05, 3.63) is 65.5 Å². The maximum absolute atomic E-state index is 11.9. The number of anilines is 1. The zero-order chi connectivity index (χ0) is 20.4. The molecule has 0 bridgehead atoms. The molecular weight excluding hydrogens is 404 g/mol. The fourth-order valence-electron chi connectivity index (χ4n) is 3.45. The lowest BCUT2D eigenvalue weighted by Gasteiger charge is -2.16. The van der Waals surface area contributed by atoms with Gasteiger partial charge in [-0.2, -0.15) is 0 Å². The minimum atomic E-state index is -2.94. The van der Waals surface area contributed by atoms with Crippen molar-refractivity contribution in [2.75, 3.05) is 16.8 Å². The molecule has 1 saturated heterocycles. The summed E-state index contributed by atoms with van der Waals surface area (Å²) in [6.07, 6.45) is 0.657. The van der Waals surface area contributed by atoms with E-state index < -0.39 is 9.84 Å². The van der Waals surface area contributed by atoms with Crippen molar-refractivity contribution in [2.45, 2.75) is 37.2 Å². The van der Waals surface area contributed by atoms with E-state index in [2.05, 4.69) is 46.1 Å². The van der Waals surface area contributed by atoms with Gasteiger partial charge in [0.05, 0.1) is 23.7 Å². The van der Waals surface area contributed by atoms with Gasteiger partial charge in [0.1, 0.15) is 0 Å². The molecule has 2 aromatic carbocycles. The van der Waals surface area contributed by atoms with Crippen molar-refractivity contribution in [3.63, 3.8) is 0 Å². The highest BCUT2D eigenvalue weighted by Crippen LogP contribution is 2.33. The minimum absolute atomic E-state index is 0.0167. The first-order chi connectivity index (χ1) is 13.9. The third-order valence-electron chi connectivity index (χ3n) is 5.20. The SMILES string of the molecule is Cc1cccc(-n2c(CNc3ccccc3)nnc2SC2CCS(=O)(=O)C2)c1C. The van der Waals surface area contributed by atoms with Gasteiger partial charge in [-0.05, 0) is 49.6 Å². The van der Waals surface area contributed by atoms with Gasteiger partial charge in [0, 0.05) is 10.9 Å². The molecule has 0 radical (unpaired) electrons. The van der Waals surface area contributed by atoms with Gasteiger partial charge in [-0.25, -0.2) is 8.42 Å². The molecule has 1 aliphatic heterocycles. The summed E-state index contributed by atoms with van der Waals surface area (Å²) in [5.74, 6) is 1.26. The number of aromatic nitrogens is 3. The number of hydrogen-bond acceptors (Lipinski definition) is 6. The third-order valence-corrected chi connectivity index (χ3v) is 8.39. The van der Waals surface area contributed by atoms with Crippen molar-refractivity contribution in [2.24, 2.45) is 0 Å². The first-order valence-electron chi connectivity index (χ1n) is 9.60. The number of hydrogen-bond donors (Lipinski definition) is 1. The number of rotatable bonds is 6. The van der Waals surface area contributed by atoms with Crippen LogP contribution in [-0.2, 0) is 16.4 Å². The van der Waals surface area contributed by atoms with Gasteiger partial charge < -0.3 is 5.32 Å². The molecule has 1 aliphatic rings.